The predicted molar refractivity (Wildman–Crippen MR) is 85.9 cm³/mol. The zero-order chi connectivity index (χ0) is 14.7. The highest BCUT2D eigenvalue weighted by Crippen LogP contribution is 2.28. The van der Waals surface area contributed by atoms with Crippen LogP contribution in [0.5, 0.6) is 5.75 Å². The van der Waals surface area contributed by atoms with Crippen molar-refractivity contribution in [3.63, 3.8) is 0 Å². The predicted octanol–water partition coefficient (Wildman–Crippen LogP) is 4.41. The number of hydrogen-bond donors (Lipinski definition) is 1. The van der Waals surface area contributed by atoms with Gasteiger partial charge in [0.25, 0.3) is 5.91 Å². The van der Waals surface area contributed by atoms with E-state index in [0.717, 1.165) is 14.9 Å². The molecular formula is C14H13BrClNO2S. The van der Waals surface area contributed by atoms with E-state index in [4.69, 9.17) is 16.3 Å². The van der Waals surface area contributed by atoms with E-state index in [2.05, 4.69) is 21.2 Å². The van der Waals surface area contributed by atoms with Crippen LogP contribution in [0.15, 0.2) is 28.1 Å². The van der Waals surface area contributed by atoms with Crippen LogP contribution in [0.2, 0.25) is 5.02 Å². The number of aryl methyl sites for hydroxylation is 1. The van der Waals surface area contributed by atoms with Crippen molar-refractivity contribution in [1.82, 2.24) is 5.32 Å². The molecule has 1 heterocycles. The number of rotatable bonds is 4. The van der Waals surface area contributed by atoms with Gasteiger partial charge in [0.15, 0.2) is 0 Å². The first-order valence-electron chi connectivity index (χ1n) is 5.88. The second kappa shape index (κ2) is 6.61. The molecule has 0 bridgehead atoms. The summed E-state index contributed by atoms with van der Waals surface area (Å²) in [4.78, 5) is 12.8. The summed E-state index contributed by atoms with van der Waals surface area (Å²) in [7, 11) is 1.58. The molecule has 0 saturated heterocycles. The van der Waals surface area contributed by atoms with Crippen molar-refractivity contribution in [3.05, 3.63) is 49.1 Å². The van der Waals surface area contributed by atoms with E-state index in [-0.39, 0.29) is 5.91 Å². The second-order valence-corrected chi connectivity index (χ2v) is 6.95. The number of carbonyl (C=O) groups is 1. The van der Waals surface area contributed by atoms with Gasteiger partial charge in [0.2, 0.25) is 0 Å². The average Bonchev–Trinajstić information content (AvgIpc) is 2.77. The molecule has 0 spiro atoms. The van der Waals surface area contributed by atoms with E-state index in [1.807, 2.05) is 25.1 Å². The van der Waals surface area contributed by atoms with Crippen LogP contribution in [0.1, 0.15) is 20.8 Å². The van der Waals surface area contributed by atoms with E-state index >= 15 is 0 Å². The van der Waals surface area contributed by atoms with Crippen LogP contribution in [0.4, 0.5) is 0 Å². The molecule has 0 unspecified atom stereocenters. The highest BCUT2D eigenvalue weighted by Gasteiger charge is 2.13. The summed E-state index contributed by atoms with van der Waals surface area (Å²) < 4.78 is 6.22. The molecular weight excluding hydrogens is 362 g/mol. The van der Waals surface area contributed by atoms with Crippen LogP contribution in [0, 0.1) is 6.92 Å². The van der Waals surface area contributed by atoms with Gasteiger partial charge in [0.1, 0.15) is 5.75 Å². The molecule has 2 rings (SSSR count). The number of benzene rings is 1. The van der Waals surface area contributed by atoms with Gasteiger partial charge in [0.05, 0.1) is 15.8 Å². The number of nitrogens with one attached hydrogen (secondary N) is 1. The first-order chi connectivity index (χ1) is 9.52. The van der Waals surface area contributed by atoms with Crippen molar-refractivity contribution in [2.45, 2.75) is 13.5 Å². The molecule has 6 heteroatoms. The third kappa shape index (κ3) is 3.34. The SMILES string of the molecule is COc1cccc(Cl)c1CNC(=O)c1cc(C)c(Br)s1. The van der Waals surface area contributed by atoms with Crippen molar-refractivity contribution >= 4 is 44.8 Å². The van der Waals surface area contributed by atoms with Crippen LogP contribution >= 0.6 is 38.9 Å². The minimum Gasteiger partial charge on any atom is -0.496 e. The number of hydrogen-bond acceptors (Lipinski definition) is 3. The molecule has 0 saturated carbocycles. The summed E-state index contributed by atoms with van der Waals surface area (Å²) in [6.45, 7) is 2.28. The van der Waals surface area contributed by atoms with Gasteiger partial charge in [-0.25, -0.2) is 0 Å². The largest absolute Gasteiger partial charge is 0.496 e. The summed E-state index contributed by atoms with van der Waals surface area (Å²) in [6, 6.07) is 7.26. The van der Waals surface area contributed by atoms with Crippen molar-refractivity contribution in [2.75, 3.05) is 7.11 Å². The smallest absolute Gasteiger partial charge is 0.261 e. The molecule has 0 atom stereocenters. The molecule has 1 aromatic heterocycles. The van der Waals surface area contributed by atoms with Gasteiger partial charge in [-0.1, -0.05) is 17.7 Å². The molecule has 0 radical (unpaired) electrons. The Morgan fingerprint density at radius 1 is 1.50 bits per heavy atom. The number of carbonyl (C=O) groups excluding carboxylic acids is 1. The zero-order valence-electron chi connectivity index (χ0n) is 11.0. The van der Waals surface area contributed by atoms with E-state index in [9.17, 15) is 4.79 Å². The summed E-state index contributed by atoms with van der Waals surface area (Å²) >= 11 is 11.0. The van der Waals surface area contributed by atoms with Gasteiger partial charge >= 0.3 is 0 Å². The lowest BCUT2D eigenvalue weighted by Gasteiger charge is -2.10. The summed E-state index contributed by atoms with van der Waals surface area (Å²) in [6.07, 6.45) is 0. The maximum Gasteiger partial charge on any atom is 0.261 e. The molecule has 1 amide bonds. The number of halogens is 2. The van der Waals surface area contributed by atoms with E-state index in [0.29, 0.717) is 22.2 Å². The van der Waals surface area contributed by atoms with Crippen molar-refractivity contribution < 1.29 is 9.53 Å². The third-order valence-electron chi connectivity index (χ3n) is 2.80. The fraction of sp³-hybridized carbons (Fsp3) is 0.214. The number of ether oxygens (including phenoxy) is 1. The van der Waals surface area contributed by atoms with Gasteiger partial charge < -0.3 is 10.1 Å². The Morgan fingerprint density at radius 2 is 2.25 bits per heavy atom. The van der Waals surface area contributed by atoms with Gasteiger partial charge in [-0.15, -0.1) is 11.3 Å². The lowest BCUT2D eigenvalue weighted by molar-refractivity contribution is 0.0954. The molecule has 0 aliphatic rings. The monoisotopic (exact) mass is 373 g/mol. The summed E-state index contributed by atoms with van der Waals surface area (Å²) in [5.74, 6) is 0.548. The Labute approximate surface area is 135 Å². The molecule has 0 aliphatic heterocycles. The van der Waals surface area contributed by atoms with Crippen LogP contribution in [0.25, 0.3) is 0 Å². The lowest BCUT2D eigenvalue weighted by atomic mass is 10.2. The van der Waals surface area contributed by atoms with Gasteiger partial charge in [0, 0.05) is 17.1 Å². The van der Waals surface area contributed by atoms with Crippen LogP contribution < -0.4 is 10.1 Å². The summed E-state index contributed by atoms with van der Waals surface area (Å²) in [5.41, 5.74) is 1.83. The second-order valence-electron chi connectivity index (χ2n) is 4.17. The molecule has 0 fully saturated rings. The number of amides is 1. The van der Waals surface area contributed by atoms with Crippen molar-refractivity contribution in [3.8, 4) is 5.75 Å². The zero-order valence-corrected chi connectivity index (χ0v) is 14.2. The number of methoxy groups -OCH3 is 1. The van der Waals surface area contributed by atoms with Crippen molar-refractivity contribution in [1.29, 1.82) is 0 Å². The average molecular weight is 375 g/mol. The summed E-state index contributed by atoms with van der Waals surface area (Å²) in [5, 5.41) is 3.43. The van der Waals surface area contributed by atoms with Crippen molar-refractivity contribution in [2.24, 2.45) is 0 Å². The van der Waals surface area contributed by atoms with E-state index in [1.165, 1.54) is 11.3 Å². The standard InChI is InChI=1S/C14H13BrClNO2S/c1-8-6-12(20-13(8)15)14(18)17-7-9-10(16)4-3-5-11(9)19-2/h3-6H,7H2,1-2H3,(H,17,18). The molecule has 20 heavy (non-hydrogen) atoms. The Hall–Kier alpha value is -1.04. The van der Waals surface area contributed by atoms with Crippen LogP contribution in [0.3, 0.4) is 0 Å². The molecule has 2 aromatic rings. The van der Waals surface area contributed by atoms with E-state index in [1.54, 1.807) is 13.2 Å². The first kappa shape index (κ1) is 15.4. The minimum absolute atomic E-state index is 0.120. The maximum absolute atomic E-state index is 12.1. The first-order valence-corrected chi connectivity index (χ1v) is 7.87. The Bertz CT molecular complexity index is 623. The van der Waals surface area contributed by atoms with Gasteiger partial charge in [-0.05, 0) is 46.6 Å². The molecule has 1 aromatic carbocycles. The highest BCUT2D eigenvalue weighted by atomic mass is 79.9. The van der Waals surface area contributed by atoms with Gasteiger partial charge in [-0.3, -0.25) is 4.79 Å². The fourth-order valence-electron chi connectivity index (χ4n) is 1.73. The molecule has 106 valence electrons. The minimum atomic E-state index is -0.120. The molecule has 0 aliphatic carbocycles. The Kier molecular flexibility index (Phi) is 5.07. The topological polar surface area (TPSA) is 38.3 Å². The van der Waals surface area contributed by atoms with Crippen LogP contribution in [-0.4, -0.2) is 13.0 Å². The maximum atomic E-state index is 12.1. The fourth-order valence-corrected chi connectivity index (χ4v) is 3.41. The Morgan fingerprint density at radius 3 is 2.85 bits per heavy atom. The highest BCUT2D eigenvalue weighted by molar-refractivity contribution is 9.11. The Balaban J connectivity index is 2.11. The number of thiophene rings is 1. The van der Waals surface area contributed by atoms with Gasteiger partial charge in [-0.2, -0.15) is 0 Å². The van der Waals surface area contributed by atoms with E-state index < -0.39 is 0 Å². The third-order valence-corrected chi connectivity index (χ3v) is 5.29. The quantitative estimate of drug-likeness (QED) is 0.861. The van der Waals surface area contributed by atoms with Crippen LogP contribution in [-0.2, 0) is 6.54 Å². The molecule has 1 N–H and O–H groups in total. The molecule has 3 nitrogen and oxygen atoms in total. The normalized spacial score (nSPS) is 10.4. The lowest BCUT2D eigenvalue weighted by Crippen LogP contribution is -2.22.